The summed E-state index contributed by atoms with van der Waals surface area (Å²) < 4.78 is 6.70. The number of carbonyl (C=O) groups excluding carboxylic acids is 5. The number of ketones is 1. The van der Waals surface area contributed by atoms with Gasteiger partial charge in [0.2, 0.25) is 17.7 Å². The van der Waals surface area contributed by atoms with Crippen LogP contribution < -0.4 is 61.4 Å². The molecular formula is C29H47N15O11. The zero-order valence-corrected chi connectivity index (χ0v) is 29.7. The number of amides is 4. The van der Waals surface area contributed by atoms with E-state index in [1.54, 1.807) is 0 Å². The van der Waals surface area contributed by atoms with Gasteiger partial charge in [0.05, 0.1) is 22.0 Å². The molecule has 26 heteroatoms. The van der Waals surface area contributed by atoms with E-state index in [0.717, 1.165) is 12.1 Å². The molecule has 0 radical (unpaired) electrons. The van der Waals surface area contributed by atoms with Gasteiger partial charge in [-0.25, -0.2) is 0 Å². The fourth-order valence-corrected chi connectivity index (χ4v) is 4.83. The molecule has 55 heavy (non-hydrogen) atoms. The Labute approximate surface area is 314 Å². The van der Waals surface area contributed by atoms with Crippen LogP contribution in [-0.2, 0) is 28.8 Å². The smallest absolute Gasteiger partial charge is 0.303 e. The highest BCUT2D eigenvalue weighted by molar-refractivity contribution is 6.14. The summed E-state index contributed by atoms with van der Waals surface area (Å²) in [5.74, 6) is -7.10. The highest BCUT2D eigenvalue weighted by atomic mass is 16.6. The van der Waals surface area contributed by atoms with Gasteiger partial charge in [-0.05, 0) is 45.1 Å². The predicted molar refractivity (Wildman–Crippen MR) is 195 cm³/mol. The summed E-state index contributed by atoms with van der Waals surface area (Å²) >= 11 is 0. The second kappa shape index (κ2) is 21.7. The third-order valence-corrected chi connectivity index (χ3v) is 7.75. The zero-order valence-electron chi connectivity index (χ0n) is 30.7. The van der Waals surface area contributed by atoms with Gasteiger partial charge in [0.25, 0.3) is 18.7 Å². The number of carbonyl (C=O) groups is 6. The second-order valence-electron chi connectivity index (χ2n) is 12.0. The molecule has 0 spiro atoms. The highest BCUT2D eigenvalue weighted by Crippen LogP contribution is 2.28. The van der Waals surface area contributed by atoms with Crippen molar-refractivity contribution in [1.29, 1.82) is 1.43 Å². The van der Waals surface area contributed by atoms with Gasteiger partial charge >= 0.3 is 5.97 Å². The lowest BCUT2D eigenvalue weighted by molar-refractivity contribution is -0.393. The Morgan fingerprint density at radius 2 is 1.49 bits per heavy atom. The molecule has 0 bridgehead atoms. The van der Waals surface area contributed by atoms with E-state index in [-0.39, 0.29) is 50.0 Å². The Morgan fingerprint density at radius 1 is 0.873 bits per heavy atom. The van der Waals surface area contributed by atoms with Gasteiger partial charge in [-0.1, -0.05) is 0 Å². The number of nitro benzene ring substituents is 2. The topological polar surface area (TPSA) is 464 Å². The molecule has 0 fully saturated rings. The van der Waals surface area contributed by atoms with Crippen LogP contribution in [-0.4, -0.2) is 112 Å². The first kappa shape index (κ1) is 44.5. The maximum atomic E-state index is 13.8. The molecule has 0 aliphatic rings. The van der Waals surface area contributed by atoms with Crippen molar-refractivity contribution in [2.24, 2.45) is 50.1 Å². The first-order chi connectivity index (χ1) is 26.2. The number of rotatable bonds is 25. The average molecular weight is 783 g/mol. The lowest BCUT2D eigenvalue weighted by atomic mass is 9.82. The fourth-order valence-electron chi connectivity index (χ4n) is 4.83. The number of aliphatic carboxylic acids is 1. The van der Waals surface area contributed by atoms with E-state index < -0.39 is 112 Å². The van der Waals surface area contributed by atoms with E-state index in [0.29, 0.717) is 6.07 Å². The summed E-state index contributed by atoms with van der Waals surface area (Å²) in [6.07, 6.45) is -1.66. The van der Waals surface area contributed by atoms with Crippen molar-refractivity contribution in [2.45, 2.75) is 75.2 Å². The molecule has 0 saturated heterocycles. The van der Waals surface area contributed by atoms with Crippen LogP contribution in [0.5, 0.6) is 0 Å². The van der Waals surface area contributed by atoms with E-state index in [9.17, 15) is 49.0 Å². The third kappa shape index (κ3) is 15.1. The molecule has 1 aromatic rings. The van der Waals surface area contributed by atoms with Gasteiger partial charge in [-0.2, -0.15) is 0 Å². The van der Waals surface area contributed by atoms with Crippen LogP contribution in [0.2, 0.25) is 0 Å². The summed E-state index contributed by atoms with van der Waals surface area (Å²) in [5.41, 5.74) is 35.1. The number of primary amides is 1. The molecule has 0 aliphatic carbocycles. The minimum atomic E-state index is -2.53. The van der Waals surface area contributed by atoms with Gasteiger partial charge in [0.15, 0.2) is 23.2 Å². The number of guanidine groups is 2. The highest BCUT2D eigenvalue weighted by Gasteiger charge is 2.48. The maximum absolute atomic E-state index is 13.8. The molecule has 1 aromatic carbocycles. The number of aliphatic imine (C=N–C) groups is 2. The number of Topliss-reactive ketones (excluding diaryl/α,β-unsaturated/α-hetero) is 1. The summed E-state index contributed by atoms with van der Waals surface area (Å²) in [5, 5.41) is 35.8. The summed E-state index contributed by atoms with van der Waals surface area (Å²) in [4.78, 5) is 107. The molecule has 5 atom stereocenters. The summed E-state index contributed by atoms with van der Waals surface area (Å²) in [6, 6.07) is -3.15. The first-order valence-corrected chi connectivity index (χ1v) is 16.4. The molecular weight excluding hydrogens is 734 g/mol. The SMILES string of the molecule is [2H]OC(=O)CC[C@H](N)C(=O)[C@@](CCCN=C(N)N)(NC(=O)[C@H](CCCN=C(N)N)NC(=O)[C@H](C)NC(=O)[C@@H](N)CNc1ccc([N+](=O)[O-])cc1[N+](=O)[O-])C(N)=O. The second-order valence-corrected chi connectivity index (χ2v) is 12.0. The molecule has 4 amide bonds. The minimum absolute atomic E-state index is 0.0293. The number of nitrogens with two attached hydrogens (primary N) is 7. The molecule has 0 aliphatic heterocycles. The van der Waals surface area contributed by atoms with Gasteiger partial charge in [0, 0.05) is 32.1 Å². The van der Waals surface area contributed by atoms with E-state index in [2.05, 4.69) is 36.4 Å². The number of carboxylic acids is 1. The monoisotopic (exact) mass is 782 g/mol. The lowest BCUT2D eigenvalue weighted by Gasteiger charge is -2.34. The molecule has 304 valence electrons. The number of hydrogen-bond donors (Lipinski definition) is 12. The molecule has 19 N–H and O–H groups in total. The Hall–Kier alpha value is -6.70. The van der Waals surface area contributed by atoms with Crippen LogP contribution in [0.1, 0.15) is 45.4 Å². The van der Waals surface area contributed by atoms with Crippen molar-refractivity contribution in [3.05, 3.63) is 38.4 Å². The molecule has 1 rings (SSSR count). The Bertz CT molecular complexity index is 1690. The van der Waals surface area contributed by atoms with Crippen LogP contribution in [0.25, 0.3) is 1.43 Å². The van der Waals surface area contributed by atoms with Crippen LogP contribution in [0.4, 0.5) is 17.1 Å². The molecule has 0 heterocycles. The summed E-state index contributed by atoms with van der Waals surface area (Å²) in [7, 11) is 0. The van der Waals surface area contributed by atoms with E-state index in [4.69, 9.17) is 41.6 Å². The van der Waals surface area contributed by atoms with E-state index in [1.165, 1.54) is 6.92 Å². The number of hydrogen-bond acceptors (Lipinski definition) is 16. The number of nitrogens with zero attached hydrogens (tertiary/aromatic N) is 4. The number of nitrogens with one attached hydrogen (secondary N) is 4. The van der Waals surface area contributed by atoms with Crippen LogP contribution in [0, 0.1) is 20.2 Å². The van der Waals surface area contributed by atoms with Crippen molar-refractivity contribution in [3.63, 3.8) is 0 Å². The fraction of sp³-hybridized carbons (Fsp3) is 0.517. The summed E-state index contributed by atoms with van der Waals surface area (Å²) in [6.45, 7) is 0.649. The van der Waals surface area contributed by atoms with Crippen molar-refractivity contribution in [1.82, 2.24) is 16.0 Å². The number of benzene rings is 1. The third-order valence-electron chi connectivity index (χ3n) is 7.75. The number of non-ortho nitro benzene ring substituents is 1. The molecule has 0 aromatic heterocycles. The van der Waals surface area contributed by atoms with Gasteiger partial charge in [-0.3, -0.25) is 59.0 Å². The minimum Gasteiger partial charge on any atom is -0.481 e. The van der Waals surface area contributed by atoms with Crippen LogP contribution in [0.15, 0.2) is 28.2 Å². The molecule has 0 saturated carbocycles. The molecule has 26 nitrogen and oxygen atoms in total. The maximum Gasteiger partial charge on any atom is 0.303 e. The molecule has 0 unspecified atom stereocenters. The quantitative estimate of drug-likeness (QED) is 0.0111. The number of anilines is 1. The first-order valence-electron chi connectivity index (χ1n) is 16.8. The average Bonchev–Trinajstić information content (AvgIpc) is 3.13. The standard InChI is InChI=1S/C29H47N15O11/c1-14(40-24(49)17(31)13-39-18-7-5-15(43(52)53)12-20(18)44(54)55)23(48)41-19(4-2-10-37-27(33)34)25(50)42-29(26(32)51,9-3-11-38-28(35)36)22(47)16(30)6-8-21(45)46/h5,7,12,14,16-17,19,39H,2-4,6,8-11,13,30-31H2,1H3,(H2,32,51)(H,40,49)(H,41,48)(H,42,50)(H,45,46)(H4,33,34,37)(H4,35,36,38)/t14-,16-,17-,19-,29+/m0/s1/i/hD. The number of carboxylic acid groups (broad SMARTS) is 1. The zero-order chi connectivity index (χ0) is 42.7. The van der Waals surface area contributed by atoms with E-state index >= 15 is 0 Å². The normalized spacial score (nSPS) is 14.1. The van der Waals surface area contributed by atoms with E-state index in [1.807, 2.05) is 0 Å². The van der Waals surface area contributed by atoms with Crippen molar-refractivity contribution in [2.75, 3.05) is 25.0 Å². The van der Waals surface area contributed by atoms with Crippen molar-refractivity contribution < 1.29 is 43.7 Å². The lowest BCUT2D eigenvalue weighted by Crippen LogP contribution is -2.68. The Kier molecular flexibility index (Phi) is 17.6. The van der Waals surface area contributed by atoms with Crippen LogP contribution in [0.3, 0.4) is 0 Å². The van der Waals surface area contributed by atoms with Crippen LogP contribution >= 0.6 is 0 Å². The predicted octanol–water partition coefficient (Wildman–Crippen LogP) is -4.56. The van der Waals surface area contributed by atoms with Gasteiger partial charge < -0.3 is 66.5 Å². The van der Waals surface area contributed by atoms with Gasteiger partial charge in [0.1, 0.15) is 23.8 Å². The van der Waals surface area contributed by atoms with Crippen molar-refractivity contribution in [3.8, 4) is 0 Å². The van der Waals surface area contributed by atoms with Crippen molar-refractivity contribution >= 4 is 64.4 Å². The van der Waals surface area contributed by atoms with Gasteiger partial charge in [-0.15, -0.1) is 0 Å². The Balaban J connectivity index is 3.28. The largest absolute Gasteiger partial charge is 0.481 e. The number of nitro groups is 2. The Morgan fingerprint density at radius 3 is 2.04 bits per heavy atom.